The first-order valence-corrected chi connectivity index (χ1v) is 11.8. The van der Waals surface area contributed by atoms with Crippen LogP contribution in [0, 0.1) is 18.3 Å². The molecule has 1 saturated carbocycles. The Morgan fingerprint density at radius 3 is 2.42 bits per heavy atom. The summed E-state index contributed by atoms with van der Waals surface area (Å²) >= 11 is 0. The minimum atomic E-state index is 0.166. The Labute approximate surface area is 197 Å². The van der Waals surface area contributed by atoms with Crippen molar-refractivity contribution in [1.82, 2.24) is 9.80 Å². The molecule has 2 aromatic carbocycles. The van der Waals surface area contributed by atoms with Gasteiger partial charge in [-0.2, -0.15) is 0 Å². The summed E-state index contributed by atoms with van der Waals surface area (Å²) in [6.07, 6.45) is 3.18. The fourth-order valence-electron chi connectivity index (χ4n) is 4.94. The standard InChI is InChI=1S/C27H36N2O4/c1-20-5-8-22(9-6-20)33-16-15-28(2)26(30)24-18-27(24)11-13-29(14-12-27)19-21-7-10-23(31-3)17-25(21)32-4/h5-10,17,24H,11-16,18-19H2,1-4H3/t24-/m0/s1. The number of rotatable bonds is 9. The minimum Gasteiger partial charge on any atom is -0.497 e. The van der Waals surface area contributed by atoms with Gasteiger partial charge in [0.25, 0.3) is 0 Å². The van der Waals surface area contributed by atoms with Gasteiger partial charge in [-0.25, -0.2) is 0 Å². The normalized spacial score (nSPS) is 19.2. The van der Waals surface area contributed by atoms with Crippen molar-refractivity contribution in [1.29, 1.82) is 0 Å². The van der Waals surface area contributed by atoms with E-state index in [1.165, 1.54) is 11.1 Å². The Kier molecular flexibility index (Phi) is 7.13. The van der Waals surface area contributed by atoms with Crippen LogP contribution in [-0.2, 0) is 11.3 Å². The third-order valence-corrected chi connectivity index (χ3v) is 7.32. The summed E-state index contributed by atoms with van der Waals surface area (Å²) in [7, 11) is 5.27. The number of likely N-dealkylation sites (N-methyl/N-ethyl adjacent to an activating group) is 1. The molecule has 1 atom stereocenters. The second-order valence-corrected chi connectivity index (χ2v) is 9.49. The van der Waals surface area contributed by atoms with Crippen molar-refractivity contribution in [2.75, 3.05) is 47.5 Å². The average Bonchev–Trinajstić information content (AvgIpc) is 3.54. The number of carbonyl (C=O) groups excluding carboxylic acids is 1. The Morgan fingerprint density at radius 1 is 1.06 bits per heavy atom. The number of ether oxygens (including phenoxy) is 3. The predicted octanol–water partition coefficient (Wildman–Crippen LogP) is 4.15. The van der Waals surface area contributed by atoms with Crippen LogP contribution in [0.2, 0.25) is 0 Å². The summed E-state index contributed by atoms with van der Waals surface area (Å²) in [5, 5.41) is 0. The van der Waals surface area contributed by atoms with Gasteiger partial charge in [0.15, 0.2) is 0 Å². The zero-order valence-electron chi connectivity index (χ0n) is 20.3. The predicted molar refractivity (Wildman–Crippen MR) is 129 cm³/mol. The van der Waals surface area contributed by atoms with Crippen molar-refractivity contribution in [2.45, 2.75) is 32.7 Å². The van der Waals surface area contributed by atoms with Crippen molar-refractivity contribution in [3.05, 3.63) is 53.6 Å². The van der Waals surface area contributed by atoms with E-state index in [9.17, 15) is 4.79 Å². The van der Waals surface area contributed by atoms with Gasteiger partial charge in [-0.15, -0.1) is 0 Å². The zero-order valence-corrected chi connectivity index (χ0v) is 20.3. The van der Waals surface area contributed by atoms with Crippen LogP contribution in [0.1, 0.15) is 30.4 Å². The summed E-state index contributed by atoms with van der Waals surface area (Å²) in [6, 6.07) is 14.0. The molecule has 0 aromatic heterocycles. The molecule has 1 amide bonds. The number of benzene rings is 2. The Bertz CT molecular complexity index is 951. The van der Waals surface area contributed by atoms with E-state index in [1.54, 1.807) is 14.2 Å². The Morgan fingerprint density at radius 2 is 1.76 bits per heavy atom. The molecule has 178 valence electrons. The number of amides is 1. The van der Waals surface area contributed by atoms with E-state index in [-0.39, 0.29) is 17.2 Å². The first kappa shape index (κ1) is 23.4. The summed E-state index contributed by atoms with van der Waals surface area (Å²) < 4.78 is 16.7. The smallest absolute Gasteiger partial charge is 0.226 e. The maximum Gasteiger partial charge on any atom is 0.226 e. The molecule has 1 aliphatic carbocycles. The van der Waals surface area contributed by atoms with Crippen molar-refractivity contribution >= 4 is 5.91 Å². The topological polar surface area (TPSA) is 51.2 Å². The van der Waals surface area contributed by atoms with Gasteiger partial charge in [-0.3, -0.25) is 9.69 Å². The SMILES string of the molecule is COc1ccc(CN2CCC3(CC2)C[C@H]3C(=O)N(C)CCOc2ccc(C)cc2)c(OC)c1. The molecule has 6 nitrogen and oxygen atoms in total. The number of aryl methyl sites for hydroxylation is 1. The van der Waals surface area contributed by atoms with E-state index in [4.69, 9.17) is 14.2 Å². The molecular formula is C27H36N2O4. The molecule has 2 aliphatic rings. The number of nitrogens with zero attached hydrogens (tertiary/aromatic N) is 2. The minimum absolute atomic E-state index is 0.166. The molecule has 0 N–H and O–H groups in total. The molecule has 4 rings (SSSR count). The summed E-state index contributed by atoms with van der Waals surface area (Å²) in [4.78, 5) is 17.3. The van der Waals surface area contributed by atoms with Crippen molar-refractivity contribution in [3.63, 3.8) is 0 Å². The number of hydrogen-bond acceptors (Lipinski definition) is 5. The summed E-state index contributed by atoms with van der Waals surface area (Å²) in [5.41, 5.74) is 2.58. The van der Waals surface area contributed by atoms with E-state index in [0.29, 0.717) is 13.2 Å². The second kappa shape index (κ2) is 10.0. The highest BCUT2D eigenvalue weighted by Gasteiger charge is 2.58. The molecule has 2 aromatic rings. The van der Waals surface area contributed by atoms with Gasteiger partial charge < -0.3 is 19.1 Å². The van der Waals surface area contributed by atoms with Crippen LogP contribution in [0.15, 0.2) is 42.5 Å². The van der Waals surface area contributed by atoms with Crippen LogP contribution in [-0.4, -0.2) is 63.2 Å². The largest absolute Gasteiger partial charge is 0.497 e. The highest BCUT2D eigenvalue weighted by Crippen LogP contribution is 2.60. The monoisotopic (exact) mass is 452 g/mol. The average molecular weight is 453 g/mol. The van der Waals surface area contributed by atoms with Gasteiger partial charge in [-0.1, -0.05) is 23.8 Å². The summed E-state index contributed by atoms with van der Waals surface area (Å²) in [5.74, 6) is 2.96. The lowest BCUT2D eigenvalue weighted by atomic mass is 9.90. The van der Waals surface area contributed by atoms with Crippen LogP contribution in [0.5, 0.6) is 17.2 Å². The van der Waals surface area contributed by atoms with Crippen LogP contribution in [0.4, 0.5) is 0 Å². The molecule has 2 fully saturated rings. The molecule has 33 heavy (non-hydrogen) atoms. The van der Waals surface area contributed by atoms with E-state index >= 15 is 0 Å². The lowest BCUT2D eigenvalue weighted by Crippen LogP contribution is -2.38. The highest BCUT2D eigenvalue weighted by molar-refractivity contribution is 5.82. The van der Waals surface area contributed by atoms with Crippen LogP contribution < -0.4 is 14.2 Å². The summed E-state index contributed by atoms with van der Waals surface area (Å²) in [6.45, 7) is 6.07. The molecule has 0 radical (unpaired) electrons. The van der Waals surface area contributed by atoms with Gasteiger partial charge in [0.05, 0.1) is 20.8 Å². The van der Waals surface area contributed by atoms with E-state index in [1.807, 2.05) is 48.3 Å². The van der Waals surface area contributed by atoms with Gasteiger partial charge in [0.1, 0.15) is 23.9 Å². The molecule has 6 heteroatoms. The first-order valence-electron chi connectivity index (χ1n) is 11.8. The maximum absolute atomic E-state index is 13.0. The van der Waals surface area contributed by atoms with Crippen LogP contribution in [0.3, 0.4) is 0 Å². The van der Waals surface area contributed by atoms with Crippen molar-refractivity contribution in [3.8, 4) is 17.2 Å². The van der Waals surface area contributed by atoms with Gasteiger partial charge in [0, 0.05) is 31.1 Å². The third kappa shape index (κ3) is 5.44. The zero-order chi connectivity index (χ0) is 23.4. The Hall–Kier alpha value is -2.73. The number of carbonyl (C=O) groups is 1. The van der Waals surface area contributed by atoms with Gasteiger partial charge in [-0.05, 0) is 62.9 Å². The molecule has 1 saturated heterocycles. The molecular weight excluding hydrogens is 416 g/mol. The van der Waals surface area contributed by atoms with Gasteiger partial charge >= 0.3 is 0 Å². The number of hydrogen-bond donors (Lipinski definition) is 0. The molecule has 0 bridgehead atoms. The Balaban J connectivity index is 1.23. The van der Waals surface area contributed by atoms with Gasteiger partial charge in [0.2, 0.25) is 5.91 Å². The fourth-order valence-corrected chi connectivity index (χ4v) is 4.94. The quantitative estimate of drug-likeness (QED) is 0.572. The maximum atomic E-state index is 13.0. The third-order valence-electron chi connectivity index (χ3n) is 7.32. The second-order valence-electron chi connectivity index (χ2n) is 9.49. The number of likely N-dealkylation sites (tertiary alicyclic amines) is 1. The lowest BCUT2D eigenvalue weighted by Gasteiger charge is -2.33. The highest BCUT2D eigenvalue weighted by atomic mass is 16.5. The first-order chi connectivity index (χ1) is 15.9. The lowest BCUT2D eigenvalue weighted by molar-refractivity contribution is -0.132. The number of piperidine rings is 1. The number of methoxy groups -OCH3 is 2. The fraction of sp³-hybridized carbons (Fsp3) is 0.519. The van der Waals surface area contributed by atoms with Crippen LogP contribution in [0.25, 0.3) is 0 Å². The van der Waals surface area contributed by atoms with Crippen LogP contribution >= 0.6 is 0 Å². The van der Waals surface area contributed by atoms with E-state index < -0.39 is 0 Å². The molecule has 1 aliphatic heterocycles. The van der Waals surface area contributed by atoms with E-state index in [2.05, 4.69) is 17.9 Å². The van der Waals surface area contributed by atoms with Crippen molar-refractivity contribution in [2.24, 2.45) is 11.3 Å². The molecule has 0 unspecified atom stereocenters. The van der Waals surface area contributed by atoms with E-state index in [0.717, 1.165) is 56.1 Å². The molecule has 1 spiro atoms. The van der Waals surface area contributed by atoms with Crippen molar-refractivity contribution < 1.29 is 19.0 Å². The molecule has 1 heterocycles.